The fraction of sp³-hybridized carbons (Fsp3) is 0.308. The second kappa shape index (κ2) is 5.64. The van der Waals surface area contributed by atoms with Crippen LogP contribution in [0.5, 0.6) is 5.75 Å². The molecule has 0 spiro atoms. The highest BCUT2D eigenvalue weighted by Crippen LogP contribution is 2.33. The van der Waals surface area contributed by atoms with Gasteiger partial charge in [0, 0.05) is 6.20 Å². The molecule has 0 fully saturated rings. The van der Waals surface area contributed by atoms with Crippen LogP contribution in [0.1, 0.15) is 13.8 Å². The van der Waals surface area contributed by atoms with Gasteiger partial charge in [0.25, 0.3) is 0 Å². The summed E-state index contributed by atoms with van der Waals surface area (Å²) in [5.74, 6) is -0.550. The van der Waals surface area contributed by atoms with E-state index in [9.17, 15) is 13.6 Å². The maximum atomic E-state index is 11.4. The largest absolute Gasteiger partial charge is 0.490 e. The highest BCUT2D eigenvalue weighted by molar-refractivity contribution is 7.79. The van der Waals surface area contributed by atoms with E-state index in [1.807, 2.05) is 13.8 Å². The van der Waals surface area contributed by atoms with Crippen molar-refractivity contribution in [1.29, 1.82) is 0 Å². The number of aliphatic carboxylic acids is 1. The molecule has 1 aromatic carbocycles. The second-order valence-electron chi connectivity index (χ2n) is 4.58. The van der Waals surface area contributed by atoms with Gasteiger partial charge < -0.3 is 19.0 Å². The van der Waals surface area contributed by atoms with Crippen LogP contribution in [-0.4, -0.2) is 30.5 Å². The van der Waals surface area contributed by atoms with E-state index in [2.05, 4.69) is 0 Å². The molecule has 1 unspecified atom stereocenters. The van der Waals surface area contributed by atoms with Crippen LogP contribution in [0, 0.1) is 0 Å². The number of benzene rings is 1. The molecule has 2 rings (SSSR count). The third-order valence-electron chi connectivity index (χ3n) is 2.69. The molecular weight excluding hydrogens is 282 g/mol. The van der Waals surface area contributed by atoms with Crippen LogP contribution in [-0.2, 0) is 22.4 Å². The zero-order chi connectivity index (χ0) is 14.9. The minimum atomic E-state index is -2.22. The zero-order valence-corrected chi connectivity index (χ0v) is 11.9. The molecule has 1 heterocycles. The van der Waals surface area contributed by atoms with E-state index < -0.39 is 17.0 Å². The van der Waals surface area contributed by atoms with Gasteiger partial charge in [0.15, 0.2) is 11.1 Å². The molecule has 7 heteroatoms. The van der Waals surface area contributed by atoms with Gasteiger partial charge in [-0.25, -0.2) is 4.21 Å². The Morgan fingerprint density at radius 3 is 2.70 bits per heavy atom. The molecule has 0 radical (unpaired) electrons. The molecule has 2 aromatic rings. The van der Waals surface area contributed by atoms with Crippen LogP contribution in [0.15, 0.2) is 29.3 Å². The number of hydrogen-bond acceptors (Lipinski definition) is 3. The number of aromatic nitrogens is 1. The summed E-state index contributed by atoms with van der Waals surface area (Å²) in [5.41, 5.74) is 0.558. The lowest BCUT2D eigenvalue weighted by Crippen LogP contribution is -2.08. The van der Waals surface area contributed by atoms with Crippen molar-refractivity contribution in [2.45, 2.75) is 31.4 Å². The molecular formula is C13H15NO5S. The van der Waals surface area contributed by atoms with Gasteiger partial charge in [-0.05, 0) is 26.0 Å². The Morgan fingerprint density at radius 1 is 1.45 bits per heavy atom. The summed E-state index contributed by atoms with van der Waals surface area (Å²) in [6.45, 7) is 3.42. The van der Waals surface area contributed by atoms with E-state index in [4.69, 9.17) is 9.84 Å². The van der Waals surface area contributed by atoms with Gasteiger partial charge in [0.2, 0.25) is 0 Å². The van der Waals surface area contributed by atoms with E-state index in [1.165, 1.54) is 10.8 Å². The molecule has 0 amide bonds. The van der Waals surface area contributed by atoms with E-state index in [0.29, 0.717) is 16.7 Å². The van der Waals surface area contributed by atoms with E-state index >= 15 is 0 Å². The van der Waals surface area contributed by atoms with Crippen LogP contribution in [0.25, 0.3) is 10.9 Å². The molecule has 20 heavy (non-hydrogen) atoms. The van der Waals surface area contributed by atoms with Crippen molar-refractivity contribution in [2.24, 2.45) is 0 Å². The van der Waals surface area contributed by atoms with Crippen molar-refractivity contribution in [2.75, 3.05) is 0 Å². The Balaban J connectivity index is 2.68. The SMILES string of the molecule is CC(C)Oc1cccc2c1c(S(=O)O)cn2CC(=O)O. The second-order valence-corrected chi connectivity index (χ2v) is 5.52. The molecule has 0 saturated carbocycles. The molecule has 0 aliphatic carbocycles. The maximum absolute atomic E-state index is 11.4. The number of hydrogen-bond donors (Lipinski definition) is 2. The van der Waals surface area contributed by atoms with Crippen LogP contribution < -0.4 is 4.74 Å². The van der Waals surface area contributed by atoms with E-state index in [0.717, 1.165) is 0 Å². The number of rotatable bonds is 5. The highest BCUT2D eigenvalue weighted by Gasteiger charge is 2.18. The molecule has 0 saturated heterocycles. The smallest absolute Gasteiger partial charge is 0.323 e. The van der Waals surface area contributed by atoms with Crippen LogP contribution in [0.2, 0.25) is 0 Å². The number of fused-ring (bicyclic) bond motifs is 1. The number of carboxylic acid groups (broad SMARTS) is 1. The average molecular weight is 297 g/mol. The fourth-order valence-corrected chi connectivity index (χ4v) is 2.64. The summed E-state index contributed by atoms with van der Waals surface area (Å²) < 4.78 is 27.9. The van der Waals surface area contributed by atoms with Gasteiger partial charge >= 0.3 is 5.97 Å². The maximum Gasteiger partial charge on any atom is 0.323 e. The minimum absolute atomic E-state index is 0.0941. The molecule has 0 aliphatic rings. The number of ether oxygens (including phenoxy) is 1. The van der Waals surface area contributed by atoms with Crippen molar-refractivity contribution in [3.05, 3.63) is 24.4 Å². The monoisotopic (exact) mass is 297 g/mol. The van der Waals surface area contributed by atoms with E-state index in [1.54, 1.807) is 18.2 Å². The summed E-state index contributed by atoms with van der Waals surface area (Å²) in [7, 11) is 0. The minimum Gasteiger partial charge on any atom is -0.490 e. The molecule has 1 atom stereocenters. The first kappa shape index (κ1) is 14.5. The predicted octanol–water partition coefficient (Wildman–Crippen LogP) is 2.09. The quantitative estimate of drug-likeness (QED) is 0.825. The van der Waals surface area contributed by atoms with Gasteiger partial charge in [0.05, 0.1) is 21.9 Å². The molecule has 108 valence electrons. The number of carboxylic acids is 1. The number of nitrogens with zero attached hydrogens (tertiary/aromatic N) is 1. The summed E-state index contributed by atoms with van der Waals surface area (Å²) in [4.78, 5) is 11.0. The topological polar surface area (TPSA) is 88.8 Å². The first-order valence-corrected chi connectivity index (χ1v) is 7.12. The van der Waals surface area contributed by atoms with Gasteiger partial charge in [-0.3, -0.25) is 4.79 Å². The van der Waals surface area contributed by atoms with Crippen LogP contribution in [0.4, 0.5) is 0 Å². The normalized spacial score (nSPS) is 12.8. The third kappa shape index (κ3) is 2.83. The number of carbonyl (C=O) groups is 1. The summed E-state index contributed by atoms with van der Waals surface area (Å²) in [6.07, 6.45) is 1.28. The molecule has 6 nitrogen and oxygen atoms in total. The first-order chi connectivity index (χ1) is 9.40. The molecule has 0 aliphatic heterocycles. The highest BCUT2D eigenvalue weighted by atomic mass is 32.2. The van der Waals surface area contributed by atoms with Gasteiger partial charge in [-0.15, -0.1) is 0 Å². The predicted molar refractivity (Wildman–Crippen MR) is 74.4 cm³/mol. The Labute approximate surface area is 118 Å². The third-order valence-corrected chi connectivity index (χ3v) is 3.38. The summed E-state index contributed by atoms with van der Waals surface area (Å²) in [5, 5.41) is 9.37. The first-order valence-electron chi connectivity index (χ1n) is 6.01. The van der Waals surface area contributed by atoms with Gasteiger partial charge in [-0.2, -0.15) is 0 Å². The standard InChI is InChI=1S/C13H15NO5S/c1-8(2)19-10-5-3-4-9-13(10)11(20(17)18)6-14(9)7-12(15)16/h3-6,8H,7H2,1-2H3,(H,15,16)(H,17,18). The Kier molecular flexibility index (Phi) is 4.10. The summed E-state index contributed by atoms with van der Waals surface area (Å²) >= 11 is -2.22. The molecule has 2 N–H and O–H groups in total. The van der Waals surface area contributed by atoms with Crippen molar-refractivity contribution in [3.63, 3.8) is 0 Å². The Bertz CT molecular complexity index is 677. The average Bonchev–Trinajstić information content (AvgIpc) is 2.68. The van der Waals surface area contributed by atoms with Gasteiger partial charge in [0.1, 0.15) is 12.3 Å². The van der Waals surface area contributed by atoms with Crippen LogP contribution in [0.3, 0.4) is 0 Å². The Morgan fingerprint density at radius 2 is 2.15 bits per heavy atom. The summed E-state index contributed by atoms with van der Waals surface area (Å²) in [6, 6.07) is 5.12. The van der Waals surface area contributed by atoms with Crippen molar-refractivity contribution < 1.29 is 23.4 Å². The fourth-order valence-electron chi connectivity index (χ4n) is 2.04. The van der Waals surface area contributed by atoms with Gasteiger partial charge in [-0.1, -0.05) is 6.07 Å². The van der Waals surface area contributed by atoms with Crippen molar-refractivity contribution >= 4 is 28.0 Å². The zero-order valence-electron chi connectivity index (χ0n) is 11.1. The van der Waals surface area contributed by atoms with Crippen LogP contribution >= 0.6 is 0 Å². The lowest BCUT2D eigenvalue weighted by atomic mass is 10.2. The molecule has 1 aromatic heterocycles. The van der Waals surface area contributed by atoms with Crippen molar-refractivity contribution in [3.8, 4) is 5.75 Å². The lowest BCUT2D eigenvalue weighted by molar-refractivity contribution is -0.137. The molecule has 0 bridgehead atoms. The Hall–Kier alpha value is -1.86. The lowest BCUT2D eigenvalue weighted by Gasteiger charge is -2.11. The van der Waals surface area contributed by atoms with Crippen molar-refractivity contribution in [1.82, 2.24) is 4.57 Å². The van der Waals surface area contributed by atoms with E-state index in [-0.39, 0.29) is 17.5 Å².